The number of nitrogens with two attached hydrogens (primary N) is 1. The van der Waals surface area contributed by atoms with E-state index in [2.05, 4.69) is 32.1 Å². The molecule has 0 saturated carbocycles. The molecule has 54 heavy (non-hydrogen) atoms. The monoisotopic (exact) mass is 782 g/mol. The zero-order valence-corrected chi connectivity index (χ0v) is 34.7. The normalized spacial score (nSPS) is 14.5. The molecule has 0 amide bonds. The number of rotatable bonds is 38. The van der Waals surface area contributed by atoms with Crippen molar-refractivity contribution in [3.05, 3.63) is 60.8 Å². The number of phosphoric ester groups is 1. The Balaban J connectivity index is 4.33. The van der Waals surface area contributed by atoms with Gasteiger partial charge in [0.2, 0.25) is 0 Å². The summed E-state index contributed by atoms with van der Waals surface area (Å²) in [6.45, 7) is 3.45. The Morgan fingerprint density at radius 3 is 1.87 bits per heavy atom. The van der Waals surface area contributed by atoms with Crippen LogP contribution >= 0.6 is 7.82 Å². The molecular weight excluding hydrogens is 705 g/mol. The van der Waals surface area contributed by atoms with Crippen molar-refractivity contribution in [3.63, 3.8) is 0 Å². The van der Waals surface area contributed by atoms with Gasteiger partial charge in [0.15, 0.2) is 6.10 Å². The highest BCUT2D eigenvalue weighted by Gasteiger charge is 2.26. The third-order valence-corrected chi connectivity index (χ3v) is 9.48. The van der Waals surface area contributed by atoms with Gasteiger partial charge in [-0.05, 0) is 44.9 Å². The second kappa shape index (κ2) is 38.9. The van der Waals surface area contributed by atoms with Crippen LogP contribution < -0.4 is 5.73 Å². The summed E-state index contributed by atoms with van der Waals surface area (Å²) in [5.41, 5.74) is 5.33. The van der Waals surface area contributed by atoms with Crippen LogP contribution in [0.1, 0.15) is 162 Å². The lowest BCUT2D eigenvalue weighted by Gasteiger charge is -2.19. The van der Waals surface area contributed by atoms with Crippen molar-refractivity contribution >= 4 is 19.8 Å². The van der Waals surface area contributed by atoms with E-state index in [1.807, 2.05) is 36.5 Å². The number of aliphatic hydroxyl groups is 1. The minimum atomic E-state index is -4.40. The van der Waals surface area contributed by atoms with Crippen LogP contribution in [0.5, 0.6) is 0 Å². The van der Waals surface area contributed by atoms with E-state index in [0.29, 0.717) is 25.7 Å². The van der Waals surface area contributed by atoms with Crippen molar-refractivity contribution in [1.82, 2.24) is 0 Å². The van der Waals surface area contributed by atoms with Gasteiger partial charge in [0, 0.05) is 19.4 Å². The number of carbonyl (C=O) groups is 2. The van der Waals surface area contributed by atoms with Crippen LogP contribution in [0.3, 0.4) is 0 Å². The molecule has 0 aromatic carbocycles. The number of hydrogen-bond acceptors (Lipinski definition) is 9. The molecule has 0 saturated heterocycles. The van der Waals surface area contributed by atoms with E-state index in [1.54, 1.807) is 6.08 Å². The van der Waals surface area contributed by atoms with Gasteiger partial charge in [-0.1, -0.05) is 164 Å². The molecule has 0 heterocycles. The second-order valence-corrected chi connectivity index (χ2v) is 15.1. The van der Waals surface area contributed by atoms with Gasteiger partial charge in [-0.25, -0.2) is 4.57 Å². The SMILES string of the molecule is CC/C=C\C/C=C\CC(O)/C=C/C=C\C/C=C\CCCC(=O)OC[C@H](COP(=O)(O)OCCN)OC(=O)CCCCCCCCCCCCCCCCC. The van der Waals surface area contributed by atoms with Crippen molar-refractivity contribution in [2.75, 3.05) is 26.4 Å². The van der Waals surface area contributed by atoms with E-state index in [9.17, 15) is 24.2 Å². The highest BCUT2D eigenvalue weighted by molar-refractivity contribution is 7.47. The van der Waals surface area contributed by atoms with Crippen molar-refractivity contribution in [2.45, 2.75) is 174 Å². The summed E-state index contributed by atoms with van der Waals surface area (Å²) in [5.74, 6) is -0.937. The molecule has 0 bridgehead atoms. The van der Waals surface area contributed by atoms with Crippen molar-refractivity contribution < 1.29 is 42.7 Å². The summed E-state index contributed by atoms with van der Waals surface area (Å²) >= 11 is 0. The van der Waals surface area contributed by atoms with Gasteiger partial charge < -0.3 is 25.2 Å². The first kappa shape index (κ1) is 51.7. The van der Waals surface area contributed by atoms with Gasteiger partial charge in [0.25, 0.3) is 0 Å². The maximum absolute atomic E-state index is 12.6. The summed E-state index contributed by atoms with van der Waals surface area (Å²) in [7, 11) is -4.40. The van der Waals surface area contributed by atoms with Gasteiger partial charge >= 0.3 is 19.8 Å². The highest BCUT2D eigenvalue weighted by atomic mass is 31.2. The zero-order valence-electron chi connectivity index (χ0n) is 33.8. The fourth-order valence-corrected chi connectivity index (χ4v) is 6.17. The molecular formula is C43H76NO9P. The van der Waals surface area contributed by atoms with Crippen molar-refractivity contribution in [2.24, 2.45) is 5.73 Å². The van der Waals surface area contributed by atoms with Crippen LogP contribution in [0.25, 0.3) is 0 Å². The number of carbonyl (C=O) groups excluding carboxylic acids is 2. The Bertz CT molecular complexity index is 1090. The van der Waals surface area contributed by atoms with Crippen LogP contribution in [0.2, 0.25) is 0 Å². The molecule has 0 radical (unpaired) electrons. The lowest BCUT2D eigenvalue weighted by molar-refractivity contribution is -0.161. The predicted octanol–water partition coefficient (Wildman–Crippen LogP) is 10.7. The number of esters is 2. The molecule has 10 nitrogen and oxygen atoms in total. The van der Waals surface area contributed by atoms with E-state index < -0.39 is 38.6 Å². The van der Waals surface area contributed by atoms with E-state index >= 15 is 0 Å². The Morgan fingerprint density at radius 2 is 1.24 bits per heavy atom. The van der Waals surface area contributed by atoms with E-state index in [-0.39, 0.29) is 32.6 Å². The first-order chi connectivity index (χ1) is 26.2. The van der Waals surface area contributed by atoms with Crippen LogP contribution in [-0.4, -0.2) is 60.5 Å². The molecule has 0 aromatic heterocycles. The van der Waals surface area contributed by atoms with Gasteiger partial charge in [0.05, 0.1) is 19.3 Å². The maximum Gasteiger partial charge on any atom is 0.472 e. The number of aliphatic hydroxyl groups excluding tert-OH is 1. The summed E-state index contributed by atoms with van der Waals surface area (Å²) in [6.07, 6.45) is 41.4. The minimum Gasteiger partial charge on any atom is -0.462 e. The molecule has 0 aliphatic carbocycles. The summed E-state index contributed by atoms with van der Waals surface area (Å²) in [6, 6.07) is 0. The third kappa shape index (κ3) is 38.0. The number of allylic oxidation sites excluding steroid dienone is 8. The molecule has 0 aromatic rings. The Labute approximate surface area is 328 Å². The van der Waals surface area contributed by atoms with Crippen LogP contribution in [0, 0.1) is 0 Å². The highest BCUT2D eigenvalue weighted by Crippen LogP contribution is 2.43. The molecule has 312 valence electrons. The molecule has 3 atom stereocenters. The molecule has 0 aliphatic heterocycles. The fourth-order valence-electron chi connectivity index (χ4n) is 5.40. The zero-order chi connectivity index (χ0) is 39.8. The average molecular weight is 782 g/mol. The molecule has 4 N–H and O–H groups in total. The fraction of sp³-hybridized carbons (Fsp3) is 0.721. The lowest BCUT2D eigenvalue weighted by Crippen LogP contribution is -2.29. The largest absolute Gasteiger partial charge is 0.472 e. The Kier molecular flexibility index (Phi) is 37.2. The van der Waals surface area contributed by atoms with Crippen LogP contribution in [0.15, 0.2) is 60.8 Å². The topological polar surface area (TPSA) is 155 Å². The molecule has 0 rings (SSSR count). The standard InChI is InChI=1S/C43H76NO9P/c1-3-5-7-9-11-12-13-14-15-16-17-18-23-27-31-35-43(47)53-41(39-52-54(48,49)51-37-36-44)38-50-42(46)34-30-26-22-20-19-21-25-29-33-40(45)32-28-24-10-8-6-4-2/h6,8,20-22,24-25,28-29,33,40-41,45H,3-5,7,9-19,23,26-27,30-32,34-39,44H2,1-2H3,(H,48,49)/b8-6-,22-20-,25-21-,28-24-,33-29+/t40?,41-/m1/s1. The van der Waals surface area contributed by atoms with Gasteiger partial charge in [-0.2, -0.15) is 0 Å². The Morgan fingerprint density at radius 1 is 0.667 bits per heavy atom. The minimum absolute atomic E-state index is 0.0353. The first-order valence-electron chi connectivity index (χ1n) is 20.9. The number of ether oxygens (including phenoxy) is 2. The number of unbranched alkanes of at least 4 members (excludes halogenated alkanes) is 15. The average Bonchev–Trinajstić information content (AvgIpc) is 3.15. The third-order valence-electron chi connectivity index (χ3n) is 8.50. The molecule has 0 aliphatic rings. The Hall–Kier alpha value is -2.33. The first-order valence-corrected chi connectivity index (χ1v) is 22.4. The van der Waals surface area contributed by atoms with Gasteiger partial charge in [-0.3, -0.25) is 18.6 Å². The summed E-state index contributed by atoms with van der Waals surface area (Å²) < 4.78 is 32.6. The number of hydrogen-bond donors (Lipinski definition) is 3. The van der Waals surface area contributed by atoms with Crippen LogP contribution in [0.4, 0.5) is 0 Å². The van der Waals surface area contributed by atoms with Crippen molar-refractivity contribution in [3.8, 4) is 0 Å². The quantitative estimate of drug-likeness (QED) is 0.0181. The second-order valence-electron chi connectivity index (χ2n) is 13.7. The molecule has 11 heteroatoms. The van der Waals surface area contributed by atoms with Gasteiger partial charge in [-0.15, -0.1) is 0 Å². The van der Waals surface area contributed by atoms with E-state index in [4.69, 9.17) is 24.3 Å². The van der Waals surface area contributed by atoms with E-state index in [1.165, 1.54) is 70.6 Å². The molecule has 2 unspecified atom stereocenters. The summed E-state index contributed by atoms with van der Waals surface area (Å²) in [4.78, 5) is 34.8. The van der Waals surface area contributed by atoms with Gasteiger partial charge in [0.1, 0.15) is 6.61 Å². The molecule has 0 fully saturated rings. The number of phosphoric acid groups is 1. The maximum atomic E-state index is 12.6. The van der Waals surface area contributed by atoms with Crippen LogP contribution in [-0.2, 0) is 32.7 Å². The lowest BCUT2D eigenvalue weighted by atomic mass is 10.0. The predicted molar refractivity (Wildman–Crippen MR) is 221 cm³/mol. The summed E-state index contributed by atoms with van der Waals surface area (Å²) in [5, 5.41) is 10.00. The van der Waals surface area contributed by atoms with Crippen molar-refractivity contribution in [1.29, 1.82) is 0 Å². The van der Waals surface area contributed by atoms with E-state index in [0.717, 1.165) is 38.5 Å². The smallest absolute Gasteiger partial charge is 0.462 e. The molecule has 0 spiro atoms.